The largest absolute Gasteiger partial charge is 0.396 e. The highest BCUT2D eigenvalue weighted by atomic mass is 127. The maximum absolute atomic E-state index is 13.3. The summed E-state index contributed by atoms with van der Waals surface area (Å²) in [4.78, 5) is 11.9. The number of amides is 1. The Morgan fingerprint density at radius 2 is 2.28 bits per heavy atom. The summed E-state index contributed by atoms with van der Waals surface area (Å²) in [5, 5.41) is 6.52. The van der Waals surface area contributed by atoms with E-state index in [2.05, 4.69) is 10.4 Å². The number of rotatable bonds is 2. The Hall–Kier alpha value is -1.64. The van der Waals surface area contributed by atoms with Crippen molar-refractivity contribution in [3.05, 3.63) is 39.5 Å². The van der Waals surface area contributed by atoms with Crippen LogP contribution in [0.3, 0.4) is 0 Å². The molecule has 5 nitrogen and oxygen atoms in total. The van der Waals surface area contributed by atoms with Crippen LogP contribution in [0.1, 0.15) is 10.5 Å². The molecule has 0 saturated carbocycles. The fourth-order valence-corrected chi connectivity index (χ4v) is 1.96. The van der Waals surface area contributed by atoms with E-state index in [1.165, 1.54) is 23.0 Å². The minimum absolute atomic E-state index is 0.123. The van der Waals surface area contributed by atoms with E-state index in [1.807, 2.05) is 22.6 Å². The number of nitrogens with two attached hydrogens (primary N) is 1. The Labute approximate surface area is 116 Å². The summed E-state index contributed by atoms with van der Waals surface area (Å²) in [6.07, 6.45) is 1.53. The Bertz CT molecular complexity index is 611. The Morgan fingerprint density at radius 1 is 1.56 bits per heavy atom. The van der Waals surface area contributed by atoms with Gasteiger partial charge in [0.1, 0.15) is 5.82 Å². The first-order valence-electron chi connectivity index (χ1n) is 5.03. The highest BCUT2D eigenvalue weighted by molar-refractivity contribution is 14.1. The lowest BCUT2D eigenvalue weighted by atomic mass is 10.3. The number of anilines is 2. The van der Waals surface area contributed by atoms with Crippen molar-refractivity contribution in [1.29, 1.82) is 0 Å². The molecule has 0 aliphatic heterocycles. The zero-order valence-corrected chi connectivity index (χ0v) is 11.6. The van der Waals surface area contributed by atoms with Crippen molar-refractivity contribution in [2.24, 2.45) is 7.05 Å². The van der Waals surface area contributed by atoms with E-state index in [-0.39, 0.29) is 17.2 Å². The van der Waals surface area contributed by atoms with Gasteiger partial charge in [-0.3, -0.25) is 9.48 Å². The monoisotopic (exact) mass is 360 g/mol. The number of aryl methyl sites for hydroxylation is 1. The maximum Gasteiger partial charge on any atom is 0.278 e. The smallest absolute Gasteiger partial charge is 0.278 e. The second kappa shape index (κ2) is 4.92. The molecule has 18 heavy (non-hydrogen) atoms. The minimum Gasteiger partial charge on any atom is -0.396 e. The molecule has 0 aliphatic rings. The first-order chi connectivity index (χ1) is 8.49. The van der Waals surface area contributed by atoms with E-state index >= 15 is 0 Å². The number of nitrogens with one attached hydrogen (secondary N) is 1. The van der Waals surface area contributed by atoms with Gasteiger partial charge in [0.2, 0.25) is 0 Å². The van der Waals surface area contributed by atoms with E-state index < -0.39 is 5.91 Å². The molecule has 1 aromatic carbocycles. The second-order valence-corrected chi connectivity index (χ2v) is 4.74. The lowest BCUT2D eigenvalue weighted by molar-refractivity contribution is 0.102. The number of halogens is 2. The van der Waals surface area contributed by atoms with Crippen molar-refractivity contribution in [3.63, 3.8) is 0 Å². The fourth-order valence-electron chi connectivity index (χ4n) is 1.47. The van der Waals surface area contributed by atoms with Gasteiger partial charge in [-0.05, 0) is 34.7 Å². The van der Waals surface area contributed by atoms with Crippen molar-refractivity contribution in [2.75, 3.05) is 11.1 Å². The molecule has 0 aliphatic carbocycles. The highest BCUT2D eigenvalue weighted by Crippen LogP contribution is 2.22. The van der Waals surface area contributed by atoms with Gasteiger partial charge in [-0.15, -0.1) is 0 Å². The lowest BCUT2D eigenvalue weighted by Crippen LogP contribution is -2.15. The lowest BCUT2D eigenvalue weighted by Gasteiger charge is -2.06. The van der Waals surface area contributed by atoms with Crippen LogP contribution >= 0.6 is 22.6 Å². The highest BCUT2D eigenvalue weighted by Gasteiger charge is 2.16. The third-order valence-electron chi connectivity index (χ3n) is 2.27. The van der Waals surface area contributed by atoms with Gasteiger partial charge in [0.05, 0.1) is 14.9 Å². The number of aromatic nitrogens is 2. The first kappa shape index (κ1) is 12.8. The maximum atomic E-state index is 13.3. The van der Waals surface area contributed by atoms with Crippen LogP contribution in [-0.4, -0.2) is 15.7 Å². The number of benzene rings is 1. The molecule has 2 rings (SSSR count). The van der Waals surface area contributed by atoms with E-state index in [0.29, 0.717) is 9.26 Å². The van der Waals surface area contributed by atoms with Crippen LogP contribution in [0.15, 0.2) is 24.4 Å². The third kappa shape index (κ3) is 2.45. The van der Waals surface area contributed by atoms with Crippen LogP contribution in [0.4, 0.5) is 15.8 Å². The van der Waals surface area contributed by atoms with E-state index in [0.717, 1.165) is 0 Å². The molecule has 0 saturated heterocycles. The number of carbonyl (C=O) groups excluding carboxylic acids is 1. The molecule has 94 valence electrons. The molecule has 2 aromatic rings. The van der Waals surface area contributed by atoms with Crippen molar-refractivity contribution in [1.82, 2.24) is 9.78 Å². The quantitative estimate of drug-likeness (QED) is 0.805. The summed E-state index contributed by atoms with van der Waals surface area (Å²) in [6, 6.07) is 4.46. The Balaban J connectivity index is 2.27. The molecular formula is C11H10FIN4O. The molecule has 0 atom stereocenters. The van der Waals surface area contributed by atoms with Gasteiger partial charge >= 0.3 is 0 Å². The van der Waals surface area contributed by atoms with Gasteiger partial charge in [0.25, 0.3) is 5.91 Å². The fraction of sp³-hybridized carbons (Fsp3) is 0.0909. The first-order valence-corrected chi connectivity index (χ1v) is 6.11. The van der Waals surface area contributed by atoms with Crippen LogP contribution in [-0.2, 0) is 7.05 Å². The number of nitrogens with zero attached hydrogens (tertiary/aromatic N) is 2. The number of nitrogen functional groups attached to an aromatic ring is 1. The standard InChI is InChI=1S/C11H10FIN4O/c1-17-5-7(14)10(16-17)11(18)15-8-4-2-3-6(12)9(8)13/h2-5H,14H2,1H3,(H,15,18). The van der Waals surface area contributed by atoms with Gasteiger partial charge in [0.15, 0.2) is 5.69 Å². The van der Waals surface area contributed by atoms with Crippen molar-refractivity contribution in [3.8, 4) is 0 Å². The Kier molecular flexibility index (Phi) is 3.50. The van der Waals surface area contributed by atoms with Crippen molar-refractivity contribution in [2.45, 2.75) is 0 Å². The molecule has 1 heterocycles. The topological polar surface area (TPSA) is 72.9 Å². The zero-order chi connectivity index (χ0) is 13.3. The number of hydrogen-bond acceptors (Lipinski definition) is 3. The van der Waals surface area contributed by atoms with Crippen LogP contribution in [0, 0.1) is 9.39 Å². The normalized spacial score (nSPS) is 10.4. The van der Waals surface area contributed by atoms with Gasteiger partial charge in [-0.25, -0.2) is 4.39 Å². The van der Waals surface area contributed by atoms with Crippen molar-refractivity contribution >= 4 is 39.9 Å². The average Bonchev–Trinajstić information content (AvgIpc) is 2.64. The third-order valence-corrected chi connectivity index (χ3v) is 3.37. The van der Waals surface area contributed by atoms with Crippen LogP contribution in [0.5, 0.6) is 0 Å². The summed E-state index contributed by atoms with van der Waals surface area (Å²) >= 11 is 1.82. The number of hydrogen-bond donors (Lipinski definition) is 2. The molecule has 0 unspecified atom stereocenters. The molecule has 0 spiro atoms. The van der Waals surface area contributed by atoms with Crippen LogP contribution in [0.25, 0.3) is 0 Å². The molecule has 1 amide bonds. The van der Waals surface area contributed by atoms with E-state index in [9.17, 15) is 9.18 Å². The molecule has 0 bridgehead atoms. The summed E-state index contributed by atoms with van der Waals surface area (Å²) in [7, 11) is 1.67. The molecular weight excluding hydrogens is 350 g/mol. The molecule has 7 heteroatoms. The van der Waals surface area contributed by atoms with E-state index in [1.54, 1.807) is 13.1 Å². The summed E-state index contributed by atoms with van der Waals surface area (Å²) < 4.78 is 15.1. The van der Waals surface area contributed by atoms with Gasteiger partial charge < -0.3 is 11.1 Å². The SMILES string of the molecule is Cn1cc(N)c(C(=O)Nc2cccc(F)c2I)n1. The van der Waals surface area contributed by atoms with Gasteiger partial charge in [-0.2, -0.15) is 5.10 Å². The van der Waals surface area contributed by atoms with Gasteiger partial charge in [0, 0.05) is 13.2 Å². The summed E-state index contributed by atoms with van der Waals surface area (Å²) in [5.41, 5.74) is 6.44. The van der Waals surface area contributed by atoms with Crippen LogP contribution < -0.4 is 11.1 Å². The van der Waals surface area contributed by atoms with Gasteiger partial charge in [-0.1, -0.05) is 6.07 Å². The van der Waals surface area contributed by atoms with Crippen LogP contribution in [0.2, 0.25) is 0 Å². The zero-order valence-electron chi connectivity index (χ0n) is 9.45. The summed E-state index contributed by atoms with van der Waals surface area (Å²) in [6.45, 7) is 0. The predicted octanol–water partition coefficient (Wildman–Crippen LogP) is 2.00. The molecule has 0 radical (unpaired) electrons. The second-order valence-electron chi connectivity index (χ2n) is 3.66. The Morgan fingerprint density at radius 3 is 2.89 bits per heavy atom. The minimum atomic E-state index is -0.461. The summed E-state index contributed by atoms with van der Waals surface area (Å²) in [5.74, 6) is -0.848. The average molecular weight is 360 g/mol. The number of carbonyl (C=O) groups is 1. The molecule has 3 N–H and O–H groups in total. The predicted molar refractivity (Wildman–Crippen MR) is 74.7 cm³/mol. The van der Waals surface area contributed by atoms with E-state index in [4.69, 9.17) is 5.73 Å². The molecule has 1 aromatic heterocycles. The molecule has 0 fully saturated rings. The van der Waals surface area contributed by atoms with Crippen molar-refractivity contribution < 1.29 is 9.18 Å².